The zero-order valence-electron chi connectivity index (χ0n) is 10.8. The van der Waals surface area contributed by atoms with Gasteiger partial charge in [-0.05, 0) is 24.3 Å². The zero-order chi connectivity index (χ0) is 14.4. The number of benzene rings is 1. The third kappa shape index (κ3) is 1.83. The van der Waals surface area contributed by atoms with Crippen LogP contribution >= 0.6 is 0 Å². The molecule has 7 heteroatoms. The van der Waals surface area contributed by atoms with Gasteiger partial charge < -0.3 is 10.7 Å². The van der Waals surface area contributed by atoms with E-state index in [0.29, 0.717) is 17.0 Å². The van der Waals surface area contributed by atoms with Crippen LogP contribution in [0.15, 0.2) is 41.3 Å². The van der Waals surface area contributed by atoms with Crippen LogP contribution < -0.4 is 11.3 Å². The normalized spacial score (nSPS) is 11.2. The highest BCUT2D eigenvalue weighted by molar-refractivity contribution is 5.84. The summed E-state index contributed by atoms with van der Waals surface area (Å²) >= 11 is 0. The average Bonchev–Trinajstić information content (AvgIpc) is 2.91. The maximum atomic E-state index is 11.8. The topological polar surface area (TPSA) is 113 Å². The standard InChI is InChI=1S/C14H10N6O/c15-14-19-12-10(13(21)20-14)17-11(18-12)8-3-4-9-7(6-8)2-1-5-16-9/h1-6H,(H4,15,17,18,19,20,21). The molecule has 0 amide bonds. The maximum absolute atomic E-state index is 11.8. The van der Waals surface area contributed by atoms with Crippen molar-refractivity contribution in [1.82, 2.24) is 24.9 Å². The first-order valence-electron chi connectivity index (χ1n) is 6.31. The summed E-state index contributed by atoms with van der Waals surface area (Å²) in [5.41, 5.74) is 7.55. The highest BCUT2D eigenvalue weighted by Gasteiger charge is 2.10. The van der Waals surface area contributed by atoms with Crippen molar-refractivity contribution in [1.29, 1.82) is 0 Å². The molecule has 0 saturated carbocycles. The number of imidazole rings is 1. The number of nitrogens with two attached hydrogens (primary N) is 1. The Hall–Kier alpha value is -3.22. The minimum atomic E-state index is -0.335. The van der Waals surface area contributed by atoms with E-state index in [1.807, 2.05) is 30.3 Å². The summed E-state index contributed by atoms with van der Waals surface area (Å²) in [5, 5.41) is 0.997. The molecule has 4 aromatic rings. The van der Waals surface area contributed by atoms with Crippen LogP contribution in [0, 0.1) is 0 Å². The number of rotatable bonds is 1. The maximum Gasteiger partial charge on any atom is 0.278 e. The van der Waals surface area contributed by atoms with Gasteiger partial charge in [0.25, 0.3) is 5.56 Å². The quantitative estimate of drug-likeness (QED) is 0.487. The molecule has 0 atom stereocenters. The zero-order valence-corrected chi connectivity index (χ0v) is 10.8. The van der Waals surface area contributed by atoms with Crippen LogP contribution in [0.25, 0.3) is 33.5 Å². The first kappa shape index (κ1) is 11.6. The molecule has 0 saturated heterocycles. The van der Waals surface area contributed by atoms with Crippen LogP contribution in [0.3, 0.4) is 0 Å². The number of hydrogen-bond donors (Lipinski definition) is 3. The molecule has 0 fully saturated rings. The number of aromatic amines is 2. The van der Waals surface area contributed by atoms with Gasteiger partial charge in [0.15, 0.2) is 11.2 Å². The van der Waals surface area contributed by atoms with E-state index in [4.69, 9.17) is 5.73 Å². The summed E-state index contributed by atoms with van der Waals surface area (Å²) < 4.78 is 0. The fourth-order valence-electron chi connectivity index (χ4n) is 2.28. The number of pyridine rings is 1. The molecular weight excluding hydrogens is 268 g/mol. The van der Waals surface area contributed by atoms with Gasteiger partial charge in [-0.1, -0.05) is 6.07 Å². The molecule has 1 aromatic carbocycles. The van der Waals surface area contributed by atoms with Gasteiger partial charge in [0.05, 0.1) is 5.52 Å². The summed E-state index contributed by atoms with van der Waals surface area (Å²) in [6, 6.07) is 9.60. The van der Waals surface area contributed by atoms with Crippen molar-refractivity contribution in [2.75, 3.05) is 5.73 Å². The van der Waals surface area contributed by atoms with Crippen LogP contribution in [0.2, 0.25) is 0 Å². The van der Waals surface area contributed by atoms with Crippen molar-refractivity contribution >= 4 is 28.0 Å². The number of fused-ring (bicyclic) bond motifs is 2. The van der Waals surface area contributed by atoms with Gasteiger partial charge in [-0.3, -0.25) is 14.8 Å². The number of nitrogens with one attached hydrogen (secondary N) is 2. The third-order valence-corrected chi connectivity index (χ3v) is 3.26. The Labute approximate surface area is 117 Å². The molecule has 0 unspecified atom stereocenters. The molecular formula is C14H10N6O. The molecule has 0 bridgehead atoms. The van der Waals surface area contributed by atoms with E-state index in [0.717, 1.165) is 16.5 Å². The molecule has 0 aliphatic rings. The van der Waals surface area contributed by atoms with E-state index in [9.17, 15) is 4.79 Å². The lowest BCUT2D eigenvalue weighted by Gasteiger charge is -1.99. The van der Waals surface area contributed by atoms with Crippen molar-refractivity contribution in [3.05, 3.63) is 46.9 Å². The van der Waals surface area contributed by atoms with Crippen LogP contribution in [0.1, 0.15) is 0 Å². The number of anilines is 1. The molecule has 7 nitrogen and oxygen atoms in total. The number of hydrogen-bond acceptors (Lipinski definition) is 5. The SMILES string of the molecule is Nc1nc2nc(-c3ccc4ncccc4c3)[nH]c2c(=O)[nH]1. The Morgan fingerprint density at radius 2 is 2.00 bits per heavy atom. The Balaban J connectivity index is 1.95. The number of nitrogens with zero attached hydrogens (tertiary/aromatic N) is 3. The molecule has 3 heterocycles. The smallest absolute Gasteiger partial charge is 0.278 e. The van der Waals surface area contributed by atoms with Crippen LogP contribution in [-0.2, 0) is 0 Å². The lowest BCUT2D eigenvalue weighted by atomic mass is 10.1. The highest BCUT2D eigenvalue weighted by atomic mass is 16.1. The molecule has 0 spiro atoms. The second-order valence-electron chi connectivity index (χ2n) is 4.65. The number of H-pyrrole nitrogens is 2. The second kappa shape index (κ2) is 4.14. The van der Waals surface area contributed by atoms with E-state index < -0.39 is 0 Å². The first-order valence-corrected chi connectivity index (χ1v) is 6.31. The monoisotopic (exact) mass is 278 g/mol. The summed E-state index contributed by atoms with van der Waals surface area (Å²) in [4.78, 5) is 29.8. The molecule has 3 aromatic heterocycles. The molecule has 4 N–H and O–H groups in total. The second-order valence-corrected chi connectivity index (χ2v) is 4.65. The lowest BCUT2D eigenvalue weighted by Crippen LogP contribution is -2.10. The van der Waals surface area contributed by atoms with E-state index in [2.05, 4.69) is 24.9 Å². The van der Waals surface area contributed by atoms with Crippen molar-refractivity contribution in [3.8, 4) is 11.4 Å². The van der Waals surface area contributed by atoms with Gasteiger partial charge in [-0.15, -0.1) is 0 Å². The Kier molecular flexibility index (Phi) is 2.28. The molecule has 0 radical (unpaired) electrons. The number of nitrogen functional groups attached to an aromatic ring is 1. The summed E-state index contributed by atoms with van der Waals surface area (Å²) in [6.45, 7) is 0. The molecule has 102 valence electrons. The van der Waals surface area contributed by atoms with Crippen molar-refractivity contribution in [3.63, 3.8) is 0 Å². The van der Waals surface area contributed by atoms with E-state index >= 15 is 0 Å². The van der Waals surface area contributed by atoms with Gasteiger partial charge in [-0.25, -0.2) is 4.98 Å². The van der Waals surface area contributed by atoms with Gasteiger partial charge in [-0.2, -0.15) is 4.98 Å². The van der Waals surface area contributed by atoms with E-state index in [1.54, 1.807) is 6.20 Å². The fourth-order valence-corrected chi connectivity index (χ4v) is 2.28. The van der Waals surface area contributed by atoms with Crippen LogP contribution in [-0.4, -0.2) is 24.9 Å². The Bertz CT molecular complexity index is 1030. The predicted octanol–water partition coefficient (Wildman–Crippen LogP) is 1.44. The minimum absolute atomic E-state index is 0.0493. The average molecular weight is 278 g/mol. The largest absolute Gasteiger partial charge is 0.369 e. The fraction of sp³-hybridized carbons (Fsp3) is 0. The van der Waals surface area contributed by atoms with E-state index in [1.165, 1.54) is 0 Å². The predicted molar refractivity (Wildman–Crippen MR) is 79.7 cm³/mol. The van der Waals surface area contributed by atoms with Gasteiger partial charge in [0, 0.05) is 17.1 Å². The Morgan fingerprint density at radius 1 is 1.10 bits per heavy atom. The van der Waals surface area contributed by atoms with Crippen molar-refractivity contribution in [2.24, 2.45) is 0 Å². The summed E-state index contributed by atoms with van der Waals surface area (Å²) in [6.07, 6.45) is 1.75. The third-order valence-electron chi connectivity index (χ3n) is 3.26. The molecule has 4 rings (SSSR count). The highest BCUT2D eigenvalue weighted by Crippen LogP contribution is 2.22. The van der Waals surface area contributed by atoms with Crippen molar-refractivity contribution in [2.45, 2.75) is 0 Å². The molecule has 0 aliphatic carbocycles. The molecule has 21 heavy (non-hydrogen) atoms. The van der Waals surface area contributed by atoms with Gasteiger partial charge >= 0.3 is 0 Å². The Morgan fingerprint density at radius 3 is 2.90 bits per heavy atom. The van der Waals surface area contributed by atoms with Gasteiger partial charge in [0.2, 0.25) is 5.95 Å². The van der Waals surface area contributed by atoms with E-state index in [-0.39, 0.29) is 11.5 Å². The van der Waals surface area contributed by atoms with Gasteiger partial charge in [0.1, 0.15) is 5.82 Å². The number of aromatic nitrogens is 5. The van der Waals surface area contributed by atoms with Crippen LogP contribution in [0.5, 0.6) is 0 Å². The lowest BCUT2D eigenvalue weighted by molar-refractivity contribution is 1.17. The summed E-state index contributed by atoms with van der Waals surface area (Å²) in [7, 11) is 0. The minimum Gasteiger partial charge on any atom is -0.369 e. The summed E-state index contributed by atoms with van der Waals surface area (Å²) in [5.74, 6) is 0.618. The first-order chi connectivity index (χ1) is 10.2. The molecule has 0 aliphatic heterocycles. The van der Waals surface area contributed by atoms with Crippen molar-refractivity contribution < 1.29 is 0 Å². The van der Waals surface area contributed by atoms with Crippen LogP contribution in [0.4, 0.5) is 5.95 Å².